The Balaban J connectivity index is 1.87. The van der Waals surface area contributed by atoms with Crippen LogP contribution >= 0.6 is 0 Å². The lowest BCUT2D eigenvalue weighted by Crippen LogP contribution is -2.48. The molecule has 0 radical (unpaired) electrons. The highest BCUT2D eigenvalue weighted by atomic mass is 19.1. The van der Waals surface area contributed by atoms with Gasteiger partial charge in [-0.05, 0) is 6.07 Å². The van der Waals surface area contributed by atoms with Crippen molar-refractivity contribution in [1.82, 2.24) is 9.78 Å². The zero-order valence-electron chi connectivity index (χ0n) is 15.2. The van der Waals surface area contributed by atoms with Crippen molar-refractivity contribution in [1.29, 1.82) is 0 Å². The lowest BCUT2D eigenvalue weighted by Gasteiger charge is -2.34. The molecule has 2 aromatic rings. The van der Waals surface area contributed by atoms with Gasteiger partial charge >= 0.3 is 5.76 Å². The molecule has 1 spiro atoms. The van der Waals surface area contributed by atoms with Crippen molar-refractivity contribution in [2.75, 3.05) is 11.4 Å². The van der Waals surface area contributed by atoms with Crippen LogP contribution in [0, 0.1) is 18.2 Å². The molecule has 0 unspecified atom stereocenters. The molecule has 1 fully saturated rings. The molecule has 1 aromatic carbocycles. The number of nitrogens with zero attached hydrogens (tertiary/aromatic N) is 3. The van der Waals surface area contributed by atoms with E-state index in [4.69, 9.17) is 15.6 Å². The number of amides is 1. The van der Waals surface area contributed by atoms with Gasteiger partial charge in [0.05, 0.1) is 12.2 Å². The van der Waals surface area contributed by atoms with Crippen LogP contribution in [0.15, 0.2) is 21.3 Å². The minimum atomic E-state index is -0.943. The van der Waals surface area contributed by atoms with Crippen LogP contribution < -0.4 is 15.4 Å². The van der Waals surface area contributed by atoms with Gasteiger partial charge < -0.3 is 9.15 Å². The fraction of sp³-hybridized carbons (Fsp3) is 0.421. The lowest BCUT2D eigenvalue weighted by molar-refractivity contribution is -0.128. The molecule has 2 heterocycles. The van der Waals surface area contributed by atoms with E-state index >= 15 is 0 Å². The van der Waals surface area contributed by atoms with Crippen LogP contribution in [0.3, 0.4) is 0 Å². The maximum absolute atomic E-state index is 14.8. The van der Waals surface area contributed by atoms with Gasteiger partial charge in [-0.1, -0.05) is 26.7 Å². The molecule has 1 aromatic heterocycles. The predicted octanol–water partition coefficient (Wildman–Crippen LogP) is 2.15. The molecular formula is C19H18FN3O4. The third-order valence-electron chi connectivity index (χ3n) is 4.63. The highest BCUT2D eigenvalue weighted by Crippen LogP contribution is 2.49. The van der Waals surface area contributed by atoms with Gasteiger partial charge in [-0.15, -0.1) is 11.5 Å². The van der Waals surface area contributed by atoms with E-state index < -0.39 is 22.6 Å². The largest absolute Gasteiger partial charge is 0.475 e. The summed E-state index contributed by atoms with van der Waals surface area (Å²) in [6, 6.07) is 2.49. The Labute approximate surface area is 154 Å². The number of rotatable bonds is 2. The summed E-state index contributed by atoms with van der Waals surface area (Å²) in [6.07, 6.45) is 6.53. The zero-order chi connectivity index (χ0) is 19.6. The highest BCUT2D eigenvalue weighted by Gasteiger charge is 2.58. The van der Waals surface area contributed by atoms with E-state index in [1.807, 2.05) is 20.8 Å². The Morgan fingerprint density at radius 3 is 2.56 bits per heavy atom. The van der Waals surface area contributed by atoms with Crippen LogP contribution in [-0.2, 0) is 10.2 Å². The van der Waals surface area contributed by atoms with Crippen molar-refractivity contribution in [3.05, 3.63) is 34.4 Å². The van der Waals surface area contributed by atoms with Crippen molar-refractivity contribution in [2.24, 2.45) is 0 Å². The number of carbonyl (C=O) groups excluding carboxylic acids is 1. The van der Waals surface area contributed by atoms with Gasteiger partial charge in [0, 0.05) is 24.3 Å². The molecule has 2 aliphatic rings. The third-order valence-corrected chi connectivity index (χ3v) is 4.63. The van der Waals surface area contributed by atoms with E-state index in [2.05, 4.69) is 11.0 Å². The van der Waals surface area contributed by atoms with Gasteiger partial charge in [-0.25, -0.2) is 9.18 Å². The number of anilines is 1. The normalized spacial score (nSPS) is 17.4. The predicted molar refractivity (Wildman–Crippen MR) is 94.5 cm³/mol. The van der Waals surface area contributed by atoms with E-state index in [0.717, 1.165) is 10.7 Å². The van der Waals surface area contributed by atoms with Gasteiger partial charge in [0.1, 0.15) is 11.4 Å². The van der Waals surface area contributed by atoms with Gasteiger partial charge in [0.25, 0.3) is 5.91 Å². The first-order valence-corrected chi connectivity index (χ1v) is 8.55. The molecule has 0 N–H and O–H groups in total. The molecule has 1 amide bonds. The molecule has 7 nitrogen and oxygen atoms in total. The van der Waals surface area contributed by atoms with Crippen molar-refractivity contribution in [2.45, 2.75) is 44.6 Å². The van der Waals surface area contributed by atoms with E-state index in [-0.39, 0.29) is 29.8 Å². The maximum Gasteiger partial charge on any atom is 0.442 e. The smallest absolute Gasteiger partial charge is 0.442 e. The van der Waals surface area contributed by atoms with Crippen molar-refractivity contribution in [3.63, 3.8) is 0 Å². The SMILES string of the molecule is C#CCN1C(=O)C2(CC2)Oc2cc(F)c(-n3nc(C(C)(C)C)oc3=O)cc21. The minimum absolute atomic E-state index is 0.0168. The summed E-state index contributed by atoms with van der Waals surface area (Å²) < 4.78 is 26.5. The molecule has 8 heteroatoms. The molecule has 0 atom stereocenters. The average molecular weight is 371 g/mol. The molecular weight excluding hydrogens is 353 g/mol. The quantitative estimate of drug-likeness (QED) is 0.756. The first-order chi connectivity index (χ1) is 12.7. The number of hydrogen-bond acceptors (Lipinski definition) is 5. The number of carbonyl (C=O) groups is 1. The minimum Gasteiger partial charge on any atom is -0.475 e. The monoisotopic (exact) mass is 371 g/mol. The number of aromatic nitrogens is 2. The van der Waals surface area contributed by atoms with Crippen molar-refractivity contribution in [3.8, 4) is 23.8 Å². The maximum atomic E-state index is 14.8. The molecule has 27 heavy (non-hydrogen) atoms. The van der Waals surface area contributed by atoms with E-state index in [0.29, 0.717) is 18.5 Å². The van der Waals surface area contributed by atoms with Crippen LogP contribution in [0.2, 0.25) is 0 Å². The van der Waals surface area contributed by atoms with E-state index in [9.17, 15) is 14.0 Å². The number of hydrogen-bond donors (Lipinski definition) is 0. The first kappa shape index (κ1) is 17.3. The third kappa shape index (κ3) is 2.62. The van der Waals surface area contributed by atoms with Gasteiger partial charge in [0.15, 0.2) is 11.4 Å². The van der Waals surface area contributed by atoms with Gasteiger partial charge in [0.2, 0.25) is 5.89 Å². The molecule has 0 bridgehead atoms. The van der Waals surface area contributed by atoms with Crippen LogP contribution in [-0.4, -0.2) is 27.8 Å². The van der Waals surface area contributed by atoms with Crippen molar-refractivity contribution < 1.29 is 18.3 Å². The average Bonchev–Trinajstić information content (AvgIpc) is 3.24. The molecule has 0 saturated heterocycles. The molecule has 1 saturated carbocycles. The van der Waals surface area contributed by atoms with Crippen LogP contribution in [0.25, 0.3) is 5.69 Å². The Morgan fingerprint density at radius 2 is 2.00 bits per heavy atom. The molecule has 140 valence electrons. The molecule has 1 aliphatic carbocycles. The fourth-order valence-corrected chi connectivity index (χ4v) is 3.01. The number of benzene rings is 1. The van der Waals surface area contributed by atoms with Crippen LogP contribution in [0.5, 0.6) is 5.75 Å². The number of fused-ring (bicyclic) bond motifs is 1. The standard InChI is InChI=1S/C19H18FN3O4/c1-5-8-22-13-10-12(23-17(25)26-15(21-23)18(2,3)4)11(20)9-14(13)27-19(6-7-19)16(22)24/h1,9-10H,6-8H2,2-4H3. The Morgan fingerprint density at radius 1 is 1.30 bits per heavy atom. The Bertz CT molecular complexity index is 1050. The summed E-state index contributed by atoms with van der Waals surface area (Å²) in [6.45, 7) is 5.48. The highest BCUT2D eigenvalue weighted by molar-refractivity contribution is 6.05. The summed E-state index contributed by atoms with van der Waals surface area (Å²) in [5.74, 6) is 1.05. The summed E-state index contributed by atoms with van der Waals surface area (Å²) >= 11 is 0. The number of terminal acetylenes is 1. The van der Waals surface area contributed by atoms with Crippen LogP contribution in [0.4, 0.5) is 10.1 Å². The van der Waals surface area contributed by atoms with E-state index in [1.54, 1.807) is 0 Å². The molecule has 1 aliphatic heterocycles. The second-order valence-corrected chi connectivity index (χ2v) is 7.80. The van der Waals surface area contributed by atoms with Crippen molar-refractivity contribution >= 4 is 11.6 Å². The molecule has 4 rings (SSSR count). The first-order valence-electron chi connectivity index (χ1n) is 8.55. The second kappa shape index (κ2) is 5.46. The van der Waals surface area contributed by atoms with Gasteiger partial charge in [-0.2, -0.15) is 4.68 Å². The van der Waals surface area contributed by atoms with E-state index in [1.165, 1.54) is 11.0 Å². The second-order valence-electron chi connectivity index (χ2n) is 7.80. The Hall–Kier alpha value is -3.08. The van der Waals surface area contributed by atoms with Crippen LogP contribution in [0.1, 0.15) is 39.5 Å². The topological polar surface area (TPSA) is 77.6 Å². The van der Waals surface area contributed by atoms with Gasteiger partial charge in [-0.3, -0.25) is 9.69 Å². The summed E-state index contributed by atoms with van der Waals surface area (Å²) in [7, 11) is 0. The summed E-state index contributed by atoms with van der Waals surface area (Å²) in [5.41, 5.74) is -1.30. The lowest BCUT2D eigenvalue weighted by atomic mass is 9.97. The summed E-state index contributed by atoms with van der Waals surface area (Å²) in [5, 5.41) is 4.10. The number of halogens is 1. The summed E-state index contributed by atoms with van der Waals surface area (Å²) in [4.78, 5) is 26.3. The number of ether oxygens (including phenoxy) is 1. The fourth-order valence-electron chi connectivity index (χ4n) is 3.01. The zero-order valence-corrected chi connectivity index (χ0v) is 15.2. The Kier molecular flexibility index (Phi) is 3.51.